The van der Waals surface area contributed by atoms with Crippen LogP contribution in [0.3, 0.4) is 0 Å². The van der Waals surface area contributed by atoms with Gasteiger partial charge in [-0.2, -0.15) is 0 Å². The van der Waals surface area contributed by atoms with E-state index >= 15 is 0 Å². The minimum Gasteiger partial charge on any atom is -0.479 e. The summed E-state index contributed by atoms with van der Waals surface area (Å²) in [5.41, 5.74) is 0. The van der Waals surface area contributed by atoms with Gasteiger partial charge >= 0.3 is 0 Å². The summed E-state index contributed by atoms with van der Waals surface area (Å²) >= 11 is 0. The van der Waals surface area contributed by atoms with E-state index in [1.807, 2.05) is 0 Å². The Hall–Kier alpha value is -0.660. The Kier molecular flexibility index (Phi) is 14.4. The molecule has 0 radical (unpaired) electrons. The zero-order valence-electron chi connectivity index (χ0n) is 15.7. The van der Waals surface area contributed by atoms with Crippen LogP contribution in [0.5, 0.6) is 0 Å². The van der Waals surface area contributed by atoms with Crippen LogP contribution in [0, 0.1) is 0 Å². The third-order valence-corrected chi connectivity index (χ3v) is 4.91. The first kappa shape index (κ1) is 20.4. The van der Waals surface area contributed by atoms with Gasteiger partial charge in [0.2, 0.25) is 0 Å². The molecule has 0 bridgehead atoms. The second kappa shape index (κ2) is 16.2. The van der Waals surface area contributed by atoms with Gasteiger partial charge in [-0.3, -0.25) is 0 Å². The van der Waals surface area contributed by atoms with Gasteiger partial charge in [-0.25, -0.2) is 0 Å². The van der Waals surface area contributed by atoms with Crippen LogP contribution in [0.15, 0.2) is 12.5 Å². The molecule has 136 valence electrons. The Morgan fingerprint density at radius 1 is 0.652 bits per heavy atom. The van der Waals surface area contributed by atoms with Gasteiger partial charge in [-0.15, -0.1) is 0 Å². The predicted molar refractivity (Wildman–Crippen MR) is 101 cm³/mol. The molecule has 0 saturated heterocycles. The molecule has 0 amide bonds. The highest BCUT2D eigenvalue weighted by Gasteiger charge is 2.03. The van der Waals surface area contributed by atoms with Gasteiger partial charge in [0.25, 0.3) is 0 Å². The molecule has 0 unspecified atom stereocenters. The third kappa shape index (κ3) is 13.5. The van der Waals surface area contributed by atoms with E-state index in [4.69, 9.17) is 4.74 Å². The second-order valence-electron chi connectivity index (χ2n) is 7.20. The molecule has 0 aliphatic carbocycles. The molecule has 1 rings (SSSR count). The summed E-state index contributed by atoms with van der Waals surface area (Å²) in [7, 11) is 0. The Bertz CT molecular complexity index is 265. The lowest BCUT2D eigenvalue weighted by molar-refractivity contribution is 0.169. The lowest BCUT2D eigenvalue weighted by Crippen LogP contribution is -2.16. The minimum atomic E-state index is 0.763. The van der Waals surface area contributed by atoms with E-state index in [0.717, 1.165) is 13.3 Å². The molecular weight excluding hydrogens is 282 g/mol. The van der Waals surface area contributed by atoms with Crippen LogP contribution >= 0.6 is 0 Å². The Labute approximate surface area is 145 Å². The lowest BCUT2D eigenvalue weighted by Gasteiger charge is -2.12. The Balaban J connectivity index is 1.64. The van der Waals surface area contributed by atoms with E-state index < -0.39 is 0 Å². The second-order valence-corrected chi connectivity index (χ2v) is 7.20. The van der Waals surface area contributed by atoms with Crippen LogP contribution in [0.25, 0.3) is 0 Å². The summed E-state index contributed by atoms with van der Waals surface area (Å²) in [5.74, 6) is 0. The van der Waals surface area contributed by atoms with Crippen molar-refractivity contribution in [2.24, 2.45) is 0 Å². The summed E-state index contributed by atoms with van der Waals surface area (Å²) in [6, 6.07) is 0. The van der Waals surface area contributed by atoms with Gasteiger partial charge in [-0.1, -0.05) is 103 Å². The van der Waals surface area contributed by atoms with Crippen molar-refractivity contribution >= 4 is 0 Å². The van der Waals surface area contributed by atoms with E-state index in [2.05, 4.69) is 18.0 Å². The van der Waals surface area contributed by atoms with Crippen LogP contribution in [-0.4, -0.2) is 18.2 Å². The largest absolute Gasteiger partial charge is 0.479 e. The number of rotatable bonds is 17. The molecule has 0 saturated carbocycles. The lowest BCUT2D eigenvalue weighted by atomic mass is 10.0. The maximum Gasteiger partial charge on any atom is 0.160 e. The van der Waals surface area contributed by atoms with Crippen molar-refractivity contribution in [2.75, 3.05) is 13.3 Å². The highest BCUT2D eigenvalue weighted by atomic mass is 16.5. The zero-order chi connectivity index (χ0) is 16.4. The highest BCUT2D eigenvalue weighted by molar-refractivity contribution is 4.79. The number of hydrogen-bond acceptors (Lipinski definition) is 2. The van der Waals surface area contributed by atoms with E-state index in [1.54, 1.807) is 6.26 Å². The highest BCUT2D eigenvalue weighted by Crippen LogP contribution is 2.14. The van der Waals surface area contributed by atoms with Crippen LogP contribution < -0.4 is 0 Å². The van der Waals surface area contributed by atoms with E-state index in [0.29, 0.717) is 0 Å². The van der Waals surface area contributed by atoms with Crippen molar-refractivity contribution in [1.82, 2.24) is 4.90 Å². The van der Waals surface area contributed by atoms with Gasteiger partial charge in [0.05, 0.1) is 0 Å². The molecule has 0 aromatic carbocycles. The molecule has 0 spiro atoms. The average molecular weight is 324 g/mol. The summed E-state index contributed by atoms with van der Waals surface area (Å²) in [5, 5.41) is 0. The van der Waals surface area contributed by atoms with Crippen molar-refractivity contribution in [3.63, 3.8) is 0 Å². The summed E-state index contributed by atoms with van der Waals surface area (Å²) in [6.45, 7) is 4.22. The maximum absolute atomic E-state index is 5.18. The molecule has 0 atom stereocenters. The van der Waals surface area contributed by atoms with Crippen LogP contribution in [0.2, 0.25) is 0 Å². The molecule has 0 N–H and O–H groups in total. The first-order valence-corrected chi connectivity index (χ1v) is 10.5. The summed E-state index contributed by atoms with van der Waals surface area (Å²) in [6.07, 6.45) is 26.8. The molecule has 23 heavy (non-hydrogen) atoms. The van der Waals surface area contributed by atoms with Crippen LogP contribution in [0.1, 0.15) is 110 Å². The fraction of sp³-hybridized carbons (Fsp3) is 0.905. The van der Waals surface area contributed by atoms with Crippen molar-refractivity contribution in [3.8, 4) is 0 Å². The molecule has 0 aromatic heterocycles. The predicted octanol–water partition coefficient (Wildman–Crippen LogP) is 7.01. The fourth-order valence-electron chi connectivity index (χ4n) is 3.31. The zero-order valence-corrected chi connectivity index (χ0v) is 15.7. The fourth-order valence-corrected chi connectivity index (χ4v) is 3.31. The van der Waals surface area contributed by atoms with Gasteiger partial charge < -0.3 is 9.64 Å². The van der Waals surface area contributed by atoms with E-state index in [1.165, 1.54) is 103 Å². The number of unbranched alkanes of at least 4 members (excludes halogenated alkanes) is 15. The molecule has 2 heteroatoms. The topological polar surface area (TPSA) is 12.5 Å². The SMILES string of the molecule is CCCCCCCCCCCCCCCCCCN1C=COC1. The first-order chi connectivity index (χ1) is 11.4. The number of nitrogens with zero attached hydrogens (tertiary/aromatic N) is 1. The van der Waals surface area contributed by atoms with Crippen molar-refractivity contribution < 1.29 is 4.74 Å². The van der Waals surface area contributed by atoms with Crippen LogP contribution in [-0.2, 0) is 4.74 Å². The molecule has 0 aromatic rings. The third-order valence-electron chi connectivity index (χ3n) is 4.91. The van der Waals surface area contributed by atoms with Crippen molar-refractivity contribution in [2.45, 2.75) is 110 Å². The molecule has 1 aliphatic rings. The van der Waals surface area contributed by atoms with E-state index in [-0.39, 0.29) is 0 Å². The molecule has 2 nitrogen and oxygen atoms in total. The smallest absolute Gasteiger partial charge is 0.160 e. The summed E-state index contributed by atoms with van der Waals surface area (Å²) < 4.78 is 5.18. The normalized spacial score (nSPS) is 13.7. The quantitative estimate of drug-likeness (QED) is 0.267. The van der Waals surface area contributed by atoms with Crippen molar-refractivity contribution in [3.05, 3.63) is 12.5 Å². The van der Waals surface area contributed by atoms with Crippen molar-refractivity contribution in [1.29, 1.82) is 0 Å². The monoisotopic (exact) mass is 323 g/mol. The summed E-state index contributed by atoms with van der Waals surface area (Å²) in [4.78, 5) is 2.25. The number of ether oxygens (including phenoxy) is 1. The molecule has 1 aliphatic heterocycles. The Morgan fingerprint density at radius 3 is 1.48 bits per heavy atom. The maximum atomic E-state index is 5.18. The van der Waals surface area contributed by atoms with Gasteiger partial charge in [-0.05, 0) is 6.42 Å². The first-order valence-electron chi connectivity index (χ1n) is 10.5. The van der Waals surface area contributed by atoms with Gasteiger partial charge in [0.1, 0.15) is 6.26 Å². The molecule has 0 fully saturated rings. The van der Waals surface area contributed by atoms with Gasteiger partial charge in [0.15, 0.2) is 6.73 Å². The van der Waals surface area contributed by atoms with E-state index in [9.17, 15) is 0 Å². The van der Waals surface area contributed by atoms with Gasteiger partial charge in [0, 0.05) is 12.7 Å². The average Bonchev–Trinajstić information content (AvgIpc) is 3.08. The number of hydrogen-bond donors (Lipinski definition) is 0. The Morgan fingerprint density at radius 2 is 1.09 bits per heavy atom. The minimum absolute atomic E-state index is 0.763. The molecule has 1 heterocycles. The van der Waals surface area contributed by atoms with Crippen LogP contribution in [0.4, 0.5) is 0 Å². The molecular formula is C21H41NO. The standard InChI is InChI=1S/C21H41NO/c1-2-3-4-5-6-7-8-9-10-11-12-13-14-15-16-17-18-22-19-20-23-21-22/h19-20H,2-18,21H2,1H3.